The molecule has 2 aromatic carbocycles. The first-order valence-electron chi connectivity index (χ1n) is 8.38. The number of ketones is 1. The standard InChI is InChI=1S/C20H14BrClFNO3/c21-14-8-13(23)9-15-17(14)18(20(27)10-1-3-12(22)4-2-10)19-11(7-16(25)26)5-6-24(15)19/h1-4,8-9,11H,5-7H2,(H,25,26)/p-1. The van der Waals surface area contributed by atoms with Crippen LogP contribution in [0.4, 0.5) is 4.39 Å². The van der Waals surface area contributed by atoms with Gasteiger partial charge in [0.25, 0.3) is 0 Å². The summed E-state index contributed by atoms with van der Waals surface area (Å²) in [5.74, 6) is -2.20. The Hall–Kier alpha value is -2.18. The maximum absolute atomic E-state index is 14.0. The highest BCUT2D eigenvalue weighted by Gasteiger charge is 2.33. The first kappa shape index (κ1) is 18.2. The molecule has 0 bridgehead atoms. The summed E-state index contributed by atoms with van der Waals surface area (Å²) in [7, 11) is 0. The molecule has 1 aromatic heterocycles. The quantitative estimate of drug-likeness (QED) is 0.565. The van der Waals surface area contributed by atoms with Crippen molar-refractivity contribution in [2.24, 2.45) is 0 Å². The number of halogens is 3. The van der Waals surface area contributed by atoms with Gasteiger partial charge in [-0.3, -0.25) is 4.79 Å². The van der Waals surface area contributed by atoms with Gasteiger partial charge >= 0.3 is 0 Å². The van der Waals surface area contributed by atoms with Gasteiger partial charge in [-0.1, -0.05) is 11.6 Å². The van der Waals surface area contributed by atoms with E-state index in [-0.39, 0.29) is 18.1 Å². The number of nitrogens with zero attached hydrogens (tertiary/aromatic N) is 1. The molecule has 2 heterocycles. The van der Waals surface area contributed by atoms with Crippen molar-refractivity contribution in [3.8, 4) is 0 Å². The van der Waals surface area contributed by atoms with Gasteiger partial charge in [0.1, 0.15) is 5.82 Å². The highest BCUT2D eigenvalue weighted by molar-refractivity contribution is 9.10. The Bertz CT molecular complexity index is 1090. The SMILES string of the molecule is O=C([O-])CC1CCn2c1c(C(=O)c1ccc(Cl)cc1)c1c(Br)cc(F)cc12. The highest BCUT2D eigenvalue weighted by atomic mass is 79.9. The number of carbonyl (C=O) groups is 2. The van der Waals surface area contributed by atoms with Crippen molar-refractivity contribution in [1.82, 2.24) is 4.57 Å². The lowest BCUT2D eigenvalue weighted by molar-refractivity contribution is -0.306. The number of aliphatic carboxylic acids is 1. The summed E-state index contributed by atoms with van der Waals surface area (Å²) in [6, 6.07) is 9.19. The Kier molecular flexibility index (Phi) is 4.56. The van der Waals surface area contributed by atoms with Gasteiger partial charge in [-0.15, -0.1) is 0 Å². The summed E-state index contributed by atoms with van der Waals surface area (Å²) in [5.41, 5.74) is 2.04. The van der Waals surface area contributed by atoms with Crippen LogP contribution < -0.4 is 5.11 Å². The molecule has 0 spiro atoms. The summed E-state index contributed by atoms with van der Waals surface area (Å²) < 4.78 is 16.3. The van der Waals surface area contributed by atoms with Crippen LogP contribution in [-0.2, 0) is 11.3 Å². The summed E-state index contributed by atoms with van der Waals surface area (Å²) in [5, 5.41) is 12.3. The Labute approximate surface area is 167 Å². The van der Waals surface area contributed by atoms with E-state index in [0.29, 0.717) is 50.2 Å². The van der Waals surface area contributed by atoms with Crippen molar-refractivity contribution in [2.45, 2.75) is 25.3 Å². The minimum absolute atomic E-state index is 0.183. The van der Waals surface area contributed by atoms with E-state index in [2.05, 4.69) is 15.9 Å². The number of aromatic nitrogens is 1. The molecule has 0 N–H and O–H groups in total. The van der Waals surface area contributed by atoms with Crippen LogP contribution in [0, 0.1) is 5.82 Å². The Morgan fingerprint density at radius 1 is 1.26 bits per heavy atom. The zero-order chi connectivity index (χ0) is 19.3. The van der Waals surface area contributed by atoms with Gasteiger partial charge in [-0.05, 0) is 65.2 Å². The summed E-state index contributed by atoms with van der Waals surface area (Å²) in [4.78, 5) is 24.5. The Balaban J connectivity index is 1.99. The first-order chi connectivity index (χ1) is 12.9. The normalized spacial score (nSPS) is 15.9. The van der Waals surface area contributed by atoms with Crippen LogP contribution in [0.15, 0.2) is 40.9 Å². The molecule has 1 aliphatic rings. The third-order valence-corrected chi connectivity index (χ3v) is 5.83. The van der Waals surface area contributed by atoms with Crippen molar-refractivity contribution in [1.29, 1.82) is 0 Å². The highest BCUT2D eigenvalue weighted by Crippen LogP contribution is 2.43. The summed E-state index contributed by atoms with van der Waals surface area (Å²) >= 11 is 9.28. The maximum atomic E-state index is 14.0. The molecular formula is C20H13BrClFNO3-. The summed E-state index contributed by atoms with van der Waals surface area (Å²) in [6.07, 6.45) is 0.381. The van der Waals surface area contributed by atoms with Gasteiger partial charge in [-0.2, -0.15) is 0 Å². The van der Waals surface area contributed by atoms with E-state index < -0.39 is 11.8 Å². The second-order valence-electron chi connectivity index (χ2n) is 6.59. The van der Waals surface area contributed by atoms with Gasteiger partial charge in [0.15, 0.2) is 5.78 Å². The van der Waals surface area contributed by atoms with Gasteiger partial charge in [0.2, 0.25) is 0 Å². The molecule has 0 fully saturated rings. The molecule has 27 heavy (non-hydrogen) atoms. The van der Waals surface area contributed by atoms with Crippen LogP contribution in [0.5, 0.6) is 0 Å². The number of hydrogen-bond donors (Lipinski definition) is 0. The molecule has 138 valence electrons. The van der Waals surface area contributed by atoms with Crippen molar-refractivity contribution in [3.05, 3.63) is 68.5 Å². The summed E-state index contributed by atoms with van der Waals surface area (Å²) in [6.45, 7) is 0.521. The zero-order valence-corrected chi connectivity index (χ0v) is 16.3. The van der Waals surface area contributed by atoms with Crippen LogP contribution in [0.1, 0.15) is 40.4 Å². The fourth-order valence-electron chi connectivity index (χ4n) is 3.88. The number of benzene rings is 2. The van der Waals surface area contributed by atoms with Crippen LogP contribution in [0.2, 0.25) is 5.02 Å². The lowest BCUT2D eigenvalue weighted by Gasteiger charge is -2.13. The minimum atomic E-state index is -1.17. The number of carbonyl (C=O) groups excluding carboxylic acids is 2. The van der Waals surface area contributed by atoms with Crippen molar-refractivity contribution >= 4 is 50.2 Å². The Morgan fingerprint density at radius 2 is 1.96 bits per heavy atom. The molecule has 4 rings (SSSR count). The van der Waals surface area contributed by atoms with E-state index in [1.165, 1.54) is 12.1 Å². The number of rotatable bonds is 4. The second kappa shape index (κ2) is 6.77. The van der Waals surface area contributed by atoms with Crippen LogP contribution in [0.3, 0.4) is 0 Å². The molecule has 3 aromatic rings. The van der Waals surface area contributed by atoms with Crippen LogP contribution in [-0.4, -0.2) is 16.3 Å². The van der Waals surface area contributed by atoms with Crippen molar-refractivity contribution in [3.63, 3.8) is 0 Å². The van der Waals surface area contributed by atoms with Crippen molar-refractivity contribution < 1.29 is 19.1 Å². The molecule has 0 radical (unpaired) electrons. The lowest BCUT2D eigenvalue weighted by atomic mass is 9.92. The van der Waals surface area contributed by atoms with Gasteiger partial charge in [-0.25, -0.2) is 4.39 Å². The molecule has 0 amide bonds. The van der Waals surface area contributed by atoms with E-state index in [4.69, 9.17) is 11.6 Å². The van der Waals surface area contributed by atoms with E-state index in [1.54, 1.807) is 24.3 Å². The second-order valence-corrected chi connectivity index (χ2v) is 7.88. The number of carboxylic acids is 1. The molecule has 1 aliphatic heterocycles. The van der Waals surface area contributed by atoms with Crippen LogP contribution in [0.25, 0.3) is 10.9 Å². The molecule has 0 saturated heterocycles. The van der Waals surface area contributed by atoms with E-state index in [9.17, 15) is 19.1 Å². The smallest absolute Gasteiger partial charge is 0.195 e. The molecule has 4 nitrogen and oxygen atoms in total. The molecular weight excluding hydrogens is 437 g/mol. The zero-order valence-electron chi connectivity index (χ0n) is 14.0. The number of carboxylic acid groups (broad SMARTS) is 1. The predicted octanol–water partition coefficient (Wildman–Crippen LogP) is 4.05. The largest absolute Gasteiger partial charge is 0.550 e. The maximum Gasteiger partial charge on any atom is 0.195 e. The monoisotopic (exact) mass is 448 g/mol. The van der Waals surface area contributed by atoms with Gasteiger partial charge in [0.05, 0.1) is 11.1 Å². The predicted molar refractivity (Wildman–Crippen MR) is 101 cm³/mol. The van der Waals surface area contributed by atoms with E-state index >= 15 is 0 Å². The topological polar surface area (TPSA) is 62.1 Å². The third kappa shape index (κ3) is 3.07. The molecule has 0 aliphatic carbocycles. The van der Waals surface area contributed by atoms with Crippen molar-refractivity contribution in [2.75, 3.05) is 0 Å². The van der Waals surface area contributed by atoms with Gasteiger partial charge < -0.3 is 14.5 Å². The number of hydrogen-bond acceptors (Lipinski definition) is 3. The number of fused-ring (bicyclic) bond motifs is 3. The molecule has 0 saturated carbocycles. The average Bonchev–Trinajstić information content (AvgIpc) is 3.14. The van der Waals surface area contributed by atoms with Gasteiger partial charge in [0, 0.05) is 44.6 Å². The minimum Gasteiger partial charge on any atom is -0.550 e. The Morgan fingerprint density at radius 3 is 2.63 bits per heavy atom. The fraction of sp³-hybridized carbons (Fsp3) is 0.200. The number of aryl methyl sites for hydroxylation is 1. The average molecular weight is 450 g/mol. The lowest BCUT2D eigenvalue weighted by Crippen LogP contribution is -2.24. The van der Waals surface area contributed by atoms with E-state index in [1.807, 2.05) is 4.57 Å². The molecule has 7 heteroatoms. The molecule has 1 unspecified atom stereocenters. The first-order valence-corrected chi connectivity index (χ1v) is 9.55. The third-order valence-electron chi connectivity index (χ3n) is 4.96. The van der Waals surface area contributed by atoms with Crippen LogP contribution >= 0.6 is 27.5 Å². The van der Waals surface area contributed by atoms with E-state index in [0.717, 1.165) is 0 Å². The fourth-order valence-corrected chi connectivity index (χ4v) is 4.62. The molecule has 1 atom stereocenters.